The predicted octanol–water partition coefficient (Wildman–Crippen LogP) is 4.13. The van der Waals surface area contributed by atoms with Crippen LogP contribution in [0.25, 0.3) is 0 Å². The van der Waals surface area contributed by atoms with E-state index in [1.165, 1.54) is 24.8 Å². The highest BCUT2D eigenvalue weighted by Gasteiger charge is 2.40. The van der Waals surface area contributed by atoms with Gasteiger partial charge < -0.3 is 0 Å². The lowest BCUT2D eigenvalue weighted by molar-refractivity contribution is -0.117. The average molecular weight is 220 g/mol. The highest BCUT2D eigenvalue weighted by atomic mass is 16.1. The number of fused-ring (bicyclic) bond motifs is 1. The molecule has 0 unspecified atom stereocenters. The van der Waals surface area contributed by atoms with Crippen LogP contribution in [0.15, 0.2) is 11.1 Å². The van der Waals surface area contributed by atoms with Gasteiger partial charge in [-0.05, 0) is 55.4 Å². The van der Waals surface area contributed by atoms with E-state index < -0.39 is 0 Å². The number of carbonyl (C=O) groups is 1. The number of ketones is 1. The maximum atomic E-state index is 11.8. The molecule has 0 aromatic carbocycles. The number of hydrogen-bond donors (Lipinski definition) is 0. The zero-order chi connectivity index (χ0) is 11.9. The molecule has 0 saturated heterocycles. The minimum atomic E-state index is 0.351. The van der Waals surface area contributed by atoms with Gasteiger partial charge in [0.2, 0.25) is 0 Å². The molecule has 0 aromatic rings. The molecule has 0 aliphatic heterocycles. The van der Waals surface area contributed by atoms with Gasteiger partial charge in [0.15, 0.2) is 5.78 Å². The monoisotopic (exact) mass is 220 g/mol. The zero-order valence-electron chi connectivity index (χ0n) is 11.1. The SMILES string of the molecule is CC1=C2C[C@H](C(C)C)CC[C@@]2(C)CCC1=O. The van der Waals surface area contributed by atoms with Crippen LogP contribution in [0.4, 0.5) is 0 Å². The first-order valence-electron chi connectivity index (χ1n) is 6.67. The minimum absolute atomic E-state index is 0.351. The summed E-state index contributed by atoms with van der Waals surface area (Å²) in [6.45, 7) is 9.05. The van der Waals surface area contributed by atoms with Crippen LogP contribution >= 0.6 is 0 Å². The highest BCUT2D eigenvalue weighted by molar-refractivity contribution is 5.96. The van der Waals surface area contributed by atoms with E-state index in [2.05, 4.69) is 27.7 Å². The molecule has 1 fully saturated rings. The van der Waals surface area contributed by atoms with Gasteiger partial charge in [0, 0.05) is 6.42 Å². The number of hydrogen-bond acceptors (Lipinski definition) is 1. The number of Topliss-reactive ketones (excluding diaryl/α,β-unsaturated/α-hetero) is 1. The summed E-state index contributed by atoms with van der Waals surface area (Å²) in [5, 5.41) is 0. The molecule has 0 N–H and O–H groups in total. The van der Waals surface area contributed by atoms with E-state index in [1.54, 1.807) is 0 Å². The summed E-state index contributed by atoms with van der Waals surface area (Å²) in [5.41, 5.74) is 2.94. The fraction of sp³-hybridized carbons (Fsp3) is 0.800. The molecule has 1 heteroatoms. The van der Waals surface area contributed by atoms with Crippen molar-refractivity contribution >= 4 is 5.78 Å². The fourth-order valence-electron chi connectivity index (χ4n) is 3.46. The molecular weight excluding hydrogens is 196 g/mol. The second-order valence-corrected chi connectivity index (χ2v) is 6.33. The van der Waals surface area contributed by atoms with Gasteiger partial charge in [-0.2, -0.15) is 0 Å². The lowest BCUT2D eigenvalue weighted by atomic mass is 9.60. The normalized spacial score (nSPS) is 35.6. The molecular formula is C15H24O. The van der Waals surface area contributed by atoms with E-state index in [1.807, 2.05) is 0 Å². The third-order valence-electron chi connectivity index (χ3n) is 4.98. The smallest absolute Gasteiger partial charge is 0.158 e. The van der Waals surface area contributed by atoms with Gasteiger partial charge >= 0.3 is 0 Å². The van der Waals surface area contributed by atoms with Gasteiger partial charge in [-0.25, -0.2) is 0 Å². The van der Waals surface area contributed by atoms with Gasteiger partial charge in [0.05, 0.1) is 0 Å². The largest absolute Gasteiger partial charge is 0.295 e. The molecule has 2 rings (SSSR count). The third kappa shape index (κ3) is 1.85. The first kappa shape index (κ1) is 11.9. The van der Waals surface area contributed by atoms with Crippen molar-refractivity contribution in [1.82, 2.24) is 0 Å². The Bertz CT molecular complexity index is 337. The minimum Gasteiger partial charge on any atom is -0.295 e. The second-order valence-electron chi connectivity index (χ2n) is 6.33. The predicted molar refractivity (Wildman–Crippen MR) is 67.2 cm³/mol. The maximum Gasteiger partial charge on any atom is 0.158 e. The molecule has 2 aliphatic rings. The molecule has 0 radical (unpaired) electrons. The van der Waals surface area contributed by atoms with E-state index >= 15 is 0 Å². The van der Waals surface area contributed by atoms with Crippen LogP contribution in [-0.4, -0.2) is 5.78 Å². The Labute approximate surface area is 99.3 Å². The van der Waals surface area contributed by atoms with Crippen molar-refractivity contribution in [3.8, 4) is 0 Å². The van der Waals surface area contributed by atoms with Crippen molar-refractivity contribution in [3.05, 3.63) is 11.1 Å². The van der Waals surface area contributed by atoms with Gasteiger partial charge in [-0.15, -0.1) is 0 Å². The topological polar surface area (TPSA) is 17.1 Å². The molecule has 0 aromatic heterocycles. The molecule has 16 heavy (non-hydrogen) atoms. The Kier molecular flexibility index (Phi) is 2.98. The molecule has 0 spiro atoms. The number of carbonyl (C=O) groups excluding carboxylic acids is 1. The van der Waals surface area contributed by atoms with Crippen LogP contribution in [0.5, 0.6) is 0 Å². The summed E-state index contributed by atoms with van der Waals surface area (Å²) in [4.78, 5) is 11.8. The lowest BCUT2D eigenvalue weighted by Crippen LogP contribution is -2.34. The Morgan fingerprint density at radius 1 is 1.31 bits per heavy atom. The standard InChI is InChI=1S/C15H24O/c1-10(2)12-5-7-15(4)8-6-14(16)11(3)13(15)9-12/h10,12H,5-9H2,1-4H3/t12-,15+/m1/s1. The van der Waals surface area contributed by atoms with Crippen LogP contribution in [0.2, 0.25) is 0 Å². The Hall–Kier alpha value is -0.590. The van der Waals surface area contributed by atoms with Crippen LogP contribution in [0.1, 0.15) is 59.8 Å². The summed E-state index contributed by atoms with van der Waals surface area (Å²) < 4.78 is 0. The summed E-state index contributed by atoms with van der Waals surface area (Å²) >= 11 is 0. The summed E-state index contributed by atoms with van der Waals surface area (Å²) in [5.74, 6) is 1.95. The van der Waals surface area contributed by atoms with Crippen molar-refractivity contribution in [1.29, 1.82) is 0 Å². The van der Waals surface area contributed by atoms with Gasteiger partial charge in [0.1, 0.15) is 0 Å². The Morgan fingerprint density at radius 2 is 2.00 bits per heavy atom. The number of allylic oxidation sites excluding steroid dienone is 2. The van der Waals surface area contributed by atoms with E-state index in [0.29, 0.717) is 11.2 Å². The highest BCUT2D eigenvalue weighted by Crippen LogP contribution is 2.51. The van der Waals surface area contributed by atoms with E-state index in [4.69, 9.17) is 0 Å². The molecule has 1 nitrogen and oxygen atoms in total. The van der Waals surface area contributed by atoms with Crippen LogP contribution in [0.3, 0.4) is 0 Å². The Morgan fingerprint density at radius 3 is 2.62 bits per heavy atom. The van der Waals surface area contributed by atoms with Crippen molar-refractivity contribution in [2.45, 2.75) is 59.8 Å². The summed E-state index contributed by atoms with van der Waals surface area (Å²) in [7, 11) is 0. The second kappa shape index (κ2) is 4.01. The molecule has 1 saturated carbocycles. The lowest BCUT2D eigenvalue weighted by Gasteiger charge is -2.44. The summed E-state index contributed by atoms with van der Waals surface area (Å²) in [6.07, 6.45) is 5.67. The average Bonchev–Trinajstić information content (AvgIpc) is 2.24. The molecule has 2 aliphatic carbocycles. The van der Waals surface area contributed by atoms with Gasteiger partial charge in [0.25, 0.3) is 0 Å². The van der Waals surface area contributed by atoms with E-state index in [9.17, 15) is 4.79 Å². The van der Waals surface area contributed by atoms with Crippen LogP contribution in [0, 0.1) is 17.3 Å². The fourth-order valence-corrected chi connectivity index (χ4v) is 3.46. The van der Waals surface area contributed by atoms with Gasteiger partial charge in [-0.3, -0.25) is 4.79 Å². The first-order chi connectivity index (χ1) is 7.44. The van der Waals surface area contributed by atoms with Crippen LogP contribution in [-0.2, 0) is 4.79 Å². The van der Waals surface area contributed by atoms with Crippen LogP contribution < -0.4 is 0 Å². The summed E-state index contributed by atoms with van der Waals surface area (Å²) in [6, 6.07) is 0. The zero-order valence-corrected chi connectivity index (χ0v) is 11.1. The third-order valence-corrected chi connectivity index (χ3v) is 4.98. The molecule has 2 atom stereocenters. The maximum absolute atomic E-state index is 11.8. The van der Waals surface area contributed by atoms with E-state index in [-0.39, 0.29) is 0 Å². The van der Waals surface area contributed by atoms with E-state index in [0.717, 1.165) is 30.3 Å². The Balaban J connectivity index is 2.31. The quantitative estimate of drug-likeness (QED) is 0.649. The van der Waals surface area contributed by atoms with Gasteiger partial charge in [-0.1, -0.05) is 26.3 Å². The molecule has 90 valence electrons. The molecule has 0 heterocycles. The molecule has 0 bridgehead atoms. The van der Waals surface area contributed by atoms with Crippen molar-refractivity contribution in [2.24, 2.45) is 17.3 Å². The van der Waals surface area contributed by atoms with Crippen molar-refractivity contribution < 1.29 is 4.79 Å². The molecule has 0 amide bonds. The van der Waals surface area contributed by atoms with Crippen molar-refractivity contribution in [3.63, 3.8) is 0 Å². The van der Waals surface area contributed by atoms with Crippen molar-refractivity contribution in [2.75, 3.05) is 0 Å². The first-order valence-corrected chi connectivity index (χ1v) is 6.67. The number of rotatable bonds is 1.